The zero-order valence-corrected chi connectivity index (χ0v) is 11.4. The third-order valence-electron chi connectivity index (χ3n) is 3.71. The van der Waals surface area contributed by atoms with Gasteiger partial charge in [-0.05, 0) is 44.3 Å². The van der Waals surface area contributed by atoms with Gasteiger partial charge in [0.2, 0.25) is 0 Å². The fourth-order valence-corrected chi connectivity index (χ4v) is 2.72. The largest absolute Gasteiger partial charge is 0.319 e. The van der Waals surface area contributed by atoms with Crippen molar-refractivity contribution in [2.24, 2.45) is 13.0 Å². The van der Waals surface area contributed by atoms with E-state index in [2.05, 4.69) is 15.4 Å². The monoisotopic (exact) mass is 257 g/mol. The maximum atomic E-state index is 4.71. The average molecular weight is 257 g/mol. The van der Waals surface area contributed by atoms with Crippen LogP contribution in [0.25, 0.3) is 11.4 Å². The van der Waals surface area contributed by atoms with E-state index in [-0.39, 0.29) is 0 Å². The summed E-state index contributed by atoms with van der Waals surface area (Å²) in [5.41, 5.74) is 3.50. The second-order valence-electron chi connectivity index (χ2n) is 5.23. The van der Waals surface area contributed by atoms with Crippen LogP contribution >= 0.6 is 0 Å². The molecule has 0 saturated carbocycles. The lowest BCUT2D eigenvalue weighted by Gasteiger charge is -2.23. The molecule has 1 atom stereocenters. The SMILES string of the molecule is CNCC1CCc2nc(-c3cnn(C)c3)ncc2C1. The van der Waals surface area contributed by atoms with Crippen LogP contribution in [0.15, 0.2) is 18.6 Å². The molecule has 1 aliphatic rings. The fourth-order valence-electron chi connectivity index (χ4n) is 2.72. The van der Waals surface area contributed by atoms with Crippen molar-refractivity contribution in [3.05, 3.63) is 29.8 Å². The standard InChI is InChI=1S/C14H19N5/c1-15-6-10-3-4-13-11(5-10)7-16-14(18-13)12-8-17-19(2)9-12/h7-10,15H,3-6H2,1-2H3. The molecule has 1 N–H and O–H groups in total. The van der Waals surface area contributed by atoms with Crippen molar-refractivity contribution in [1.29, 1.82) is 0 Å². The highest BCUT2D eigenvalue weighted by Crippen LogP contribution is 2.25. The first-order valence-corrected chi connectivity index (χ1v) is 6.74. The molecule has 0 fully saturated rings. The summed E-state index contributed by atoms with van der Waals surface area (Å²) in [6, 6.07) is 0. The van der Waals surface area contributed by atoms with Crippen LogP contribution in [0.2, 0.25) is 0 Å². The van der Waals surface area contributed by atoms with Crippen LogP contribution in [-0.2, 0) is 19.9 Å². The molecule has 5 nitrogen and oxygen atoms in total. The van der Waals surface area contributed by atoms with Crippen molar-refractivity contribution >= 4 is 0 Å². The van der Waals surface area contributed by atoms with Crippen LogP contribution in [0.5, 0.6) is 0 Å². The lowest BCUT2D eigenvalue weighted by atomic mass is 9.87. The summed E-state index contributed by atoms with van der Waals surface area (Å²) < 4.78 is 1.78. The Bertz CT molecular complexity index is 575. The lowest BCUT2D eigenvalue weighted by molar-refractivity contribution is 0.434. The average Bonchev–Trinajstić information content (AvgIpc) is 2.85. The molecule has 100 valence electrons. The van der Waals surface area contributed by atoms with Gasteiger partial charge in [-0.2, -0.15) is 5.10 Å². The molecular weight excluding hydrogens is 238 g/mol. The first kappa shape index (κ1) is 12.3. The second kappa shape index (κ2) is 5.09. The Morgan fingerprint density at radius 1 is 1.42 bits per heavy atom. The van der Waals surface area contributed by atoms with Gasteiger partial charge in [0.25, 0.3) is 0 Å². The maximum Gasteiger partial charge on any atom is 0.162 e. The number of aryl methyl sites for hydroxylation is 2. The Labute approximate surface area is 113 Å². The third kappa shape index (κ3) is 2.51. The van der Waals surface area contributed by atoms with Crippen molar-refractivity contribution < 1.29 is 0 Å². The molecule has 0 spiro atoms. The highest BCUT2D eigenvalue weighted by molar-refractivity contribution is 5.52. The molecule has 0 saturated heterocycles. The minimum atomic E-state index is 0.713. The molecule has 19 heavy (non-hydrogen) atoms. The summed E-state index contributed by atoms with van der Waals surface area (Å²) in [5.74, 6) is 1.50. The van der Waals surface area contributed by atoms with E-state index in [0.29, 0.717) is 5.92 Å². The Balaban J connectivity index is 1.85. The highest BCUT2D eigenvalue weighted by Gasteiger charge is 2.20. The van der Waals surface area contributed by atoms with Gasteiger partial charge in [-0.15, -0.1) is 0 Å². The smallest absolute Gasteiger partial charge is 0.162 e. The van der Waals surface area contributed by atoms with Crippen LogP contribution < -0.4 is 5.32 Å². The molecule has 5 heteroatoms. The van der Waals surface area contributed by atoms with E-state index < -0.39 is 0 Å². The van der Waals surface area contributed by atoms with Crippen molar-refractivity contribution in [2.75, 3.05) is 13.6 Å². The minimum Gasteiger partial charge on any atom is -0.319 e. The van der Waals surface area contributed by atoms with Crippen LogP contribution in [-0.4, -0.2) is 33.3 Å². The predicted molar refractivity (Wildman–Crippen MR) is 73.7 cm³/mol. The molecule has 1 aliphatic carbocycles. The number of hydrogen-bond acceptors (Lipinski definition) is 4. The van der Waals surface area contributed by atoms with Crippen molar-refractivity contribution in [3.8, 4) is 11.4 Å². The summed E-state index contributed by atoms with van der Waals surface area (Å²) in [5, 5.41) is 7.43. The summed E-state index contributed by atoms with van der Waals surface area (Å²) in [6.45, 7) is 1.07. The zero-order chi connectivity index (χ0) is 13.2. The second-order valence-corrected chi connectivity index (χ2v) is 5.23. The molecule has 2 aromatic heterocycles. The number of nitrogens with zero attached hydrogens (tertiary/aromatic N) is 4. The molecule has 0 aliphatic heterocycles. The first-order chi connectivity index (χ1) is 9.26. The van der Waals surface area contributed by atoms with Gasteiger partial charge in [0.05, 0.1) is 11.8 Å². The number of rotatable bonds is 3. The van der Waals surface area contributed by atoms with Crippen LogP contribution in [0.3, 0.4) is 0 Å². The quantitative estimate of drug-likeness (QED) is 0.897. The predicted octanol–water partition coefficient (Wildman–Crippen LogP) is 1.20. The molecule has 0 radical (unpaired) electrons. The summed E-state index contributed by atoms with van der Waals surface area (Å²) in [6.07, 6.45) is 9.10. The molecule has 3 rings (SSSR count). The molecule has 0 bridgehead atoms. The van der Waals surface area contributed by atoms with Gasteiger partial charge < -0.3 is 5.32 Å². The minimum absolute atomic E-state index is 0.713. The van der Waals surface area contributed by atoms with Crippen LogP contribution in [0.4, 0.5) is 0 Å². The summed E-state index contributed by atoms with van der Waals surface area (Å²) in [7, 11) is 3.92. The van der Waals surface area contributed by atoms with E-state index in [4.69, 9.17) is 4.98 Å². The first-order valence-electron chi connectivity index (χ1n) is 6.74. The molecule has 2 heterocycles. The van der Waals surface area contributed by atoms with E-state index in [1.165, 1.54) is 17.7 Å². The topological polar surface area (TPSA) is 55.6 Å². The fraction of sp³-hybridized carbons (Fsp3) is 0.500. The van der Waals surface area contributed by atoms with Gasteiger partial charge in [0.1, 0.15) is 0 Å². The van der Waals surface area contributed by atoms with E-state index >= 15 is 0 Å². The number of nitrogens with one attached hydrogen (secondary N) is 1. The van der Waals surface area contributed by atoms with E-state index in [0.717, 1.165) is 30.8 Å². The lowest BCUT2D eigenvalue weighted by Crippen LogP contribution is -2.25. The number of fused-ring (bicyclic) bond motifs is 1. The molecule has 0 aromatic carbocycles. The van der Waals surface area contributed by atoms with Crippen molar-refractivity contribution in [1.82, 2.24) is 25.1 Å². The van der Waals surface area contributed by atoms with E-state index in [1.807, 2.05) is 32.7 Å². The van der Waals surface area contributed by atoms with Gasteiger partial charge in [0.15, 0.2) is 5.82 Å². The maximum absolute atomic E-state index is 4.71. The van der Waals surface area contributed by atoms with Crippen LogP contribution in [0.1, 0.15) is 17.7 Å². The summed E-state index contributed by atoms with van der Waals surface area (Å²) >= 11 is 0. The number of hydrogen-bond donors (Lipinski definition) is 1. The van der Waals surface area contributed by atoms with Gasteiger partial charge in [-0.3, -0.25) is 4.68 Å². The molecule has 1 unspecified atom stereocenters. The molecular formula is C14H19N5. The van der Waals surface area contributed by atoms with E-state index in [1.54, 1.807) is 4.68 Å². The third-order valence-corrected chi connectivity index (χ3v) is 3.71. The summed E-state index contributed by atoms with van der Waals surface area (Å²) in [4.78, 5) is 9.19. The Morgan fingerprint density at radius 2 is 2.32 bits per heavy atom. The highest BCUT2D eigenvalue weighted by atomic mass is 15.2. The Hall–Kier alpha value is -1.75. The van der Waals surface area contributed by atoms with Crippen LogP contribution in [0, 0.1) is 5.92 Å². The van der Waals surface area contributed by atoms with Crippen molar-refractivity contribution in [2.45, 2.75) is 19.3 Å². The zero-order valence-electron chi connectivity index (χ0n) is 11.4. The van der Waals surface area contributed by atoms with Crippen molar-refractivity contribution in [3.63, 3.8) is 0 Å². The molecule has 0 amide bonds. The molecule has 2 aromatic rings. The van der Waals surface area contributed by atoms with Gasteiger partial charge >= 0.3 is 0 Å². The van der Waals surface area contributed by atoms with Gasteiger partial charge in [-0.1, -0.05) is 0 Å². The van der Waals surface area contributed by atoms with Gasteiger partial charge in [-0.25, -0.2) is 9.97 Å². The Kier molecular flexibility index (Phi) is 3.29. The van der Waals surface area contributed by atoms with E-state index in [9.17, 15) is 0 Å². The Morgan fingerprint density at radius 3 is 3.05 bits per heavy atom. The van der Waals surface area contributed by atoms with Gasteiger partial charge in [0, 0.05) is 25.1 Å². The number of aromatic nitrogens is 4. The normalized spacial score (nSPS) is 18.3.